The van der Waals surface area contributed by atoms with E-state index in [4.69, 9.17) is 0 Å². The first-order valence-corrected chi connectivity index (χ1v) is 6.16. The van der Waals surface area contributed by atoms with Crippen molar-refractivity contribution in [2.24, 2.45) is 0 Å². The SMILES string of the molecule is CC=CC(=O)OCCCC[Si](F)(F)F. The number of rotatable bonds is 6. The highest BCUT2D eigenvalue weighted by Gasteiger charge is 2.35. The molecule has 0 atom stereocenters. The number of esters is 1. The van der Waals surface area contributed by atoms with Crippen LogP contribution in [0, 0.1) is 0 Å². The van der Waals surface area contributed by atoms with Crippen LogP contribution >= 0.6 is 0 Å². The predicted octanol–water partition coefficient (Wildman–Crippen LogP) is 2.73. The van der Waals surface area contributed by atoms with Crippen molar-refractivity contribution in [1.29, 1.82) is 0 Å². The molecule has 0 aliphatic carbocycles. The van der Waals surface area contributed by atoms with Crippen molar-refractivity contribution in [2.75, 3.05) is 6.61 Å². The first-order chi connectivity index (χ1) is 6.45. The first-order valence-electron chi connectivity index (χ1n) is 4.32. The maximum Gasteiger partial charge on any atom is 0.616 e. The normalized spacial score (nSPS) is 12.0. The summed E-state index contributed by atoms with van der Waals surface area (Å²) in [6, 6.07) is -0.686. The van der Waals surface area contributed by atoms with Gasteiger partial charge in [-0.2, -0.15) is 0 Å². The molecule has 0 amide bonds. The van der Waals surface area contributed by atoms with Crippen LogP contribution in [0.5, 0.6) is 0 Å². The molecule has 0 saturated heterocycles. The zero-order valence-electron chi connectivity index (χ0n) is 7.93. The molecule has 0 N–H and O–H groups in total. The lowest BCUT2D eigenvalue weighted by Crippen LogP contribution is -2.14. The Morgan fingerprint density at radius 3 is 2.50 bits per heavy atom. The lowest BCUT2D eigenvalue weighted by Gasteiger charge is -2.02. The van der Waals surface area contributed by atoms with Gasteiger partial charge in [0.1, 0.15) is 0 Å². The highest BCUT2D eigenvalue weighted by molar-refractivity contribution is 6.58. The maximum absolute atomic E-state index is 11.8. The highest BCUT2D eigenvalue weighted by atomic mass is 28.5. The summed E-state index contributed by atoms with van der Waals surface area (Å²) in [5.74, 6) is -0.503. The number of ether oxygens (including phenoxy) is 1. The minimum absolute atomic E-state index is 0.0544. The molecule has 0 aromatic carbocycles. The molecule has 2 nitrogen and oxygen atoms in total. The molecular formula is C8H13F3O2Si. The minimum atomic E-state index is -5.40. The van der Waals surface area contributed by atoms with E-state index in [2.05, 4.69) is 4.74 Å². The Labute approximate surface area is 82.3 Å². The lowest BCUT2D eigenvalue weighted by atomic mass is 10.3. The molecule has 0 aromatic rings. The number of carbonyl (C=O) groups is 1. The van der Waals surface area contributed by atoms with Gasteiger partial charge in [-0.15, -0.1) is 0 Å². The van der Waals surface area contributed by atoms with Gasteiger partial charge in [0.05, 0.1) is 6.61 Å². The van der Waals surface area contributed by atoms with Crippen molar-refractivity contribution >= 4 is 15.0 Å². The van der Waals surface area contributed by atoms with Gasteiger partial charge < -0.3 is 4.74 Å². The van der Waals surface area contributed by atoms with Gasteiger partial charge in [0.15, 0.2) is 0 Å². The molecule has 0 saturated carbocycles. The van der Waals surface area contributed by atoms with E-state index in [1.165, 1.54) is 12.2 Å². The molecular weight excluding hydrogens is 213 g/mol. The van der Waals surface area contributed by atoms with Crippen molar-refractivity contribution in [3.05, 3.63) is 12.2 Å². The summed E-state index contributed by atoms with van der Waals surface area (Å²) < 4.78 is 40.0. The number of hydrogen-bond acceptors (Lipinski definition) is 2. The van der Waals surface area contributed by atoms with E-state index in [1.807, 2.05) is 0 Å². The average molecular weight is 226 g/mol. The third-order valence-electron chi connectivity index (χ3n) is 1.40. The quantitative estimate of drug-likeness (QED) is 0.229. The molecule has 82 valence electrons. The molecule has 0 bridgehead atoms. The van der Waals surface area contributed by atoms with Crippen molar-refractivity contribution in [1.82, 2.24) is 0 Å². The van der Waals surface area contributed by atoms with E-state index >= 15 is 0 Å². The van der Waals surface area contributed by atoms with Gasteiger partial charge >= 0.3 is 15.0 Å². The van der Waals surface area contributed by atoms with Crippen LogP contribution in [-0.4, -0.2) is 21.7 Å². The van der Waals surface area contributed by atoms with Crippen LogP contribution in [0.15, 0.2) is 12.2 Å². The Balaban J connectivity index is 3.35. The largest absolute Gasteiger partial charge is 0.616 e. The Hall–Kier alpha value is -0.783. The maximum atomic E-state index is 11.8. The smallest absolute Gasteiger partial charge is 0.463 e. The third kappa shape index (κ3) is 9.31. The lowest BCUT2D eigenvalue weighted by molar-refractivity contribution is -0.137. The summed E-state index contributed by atoms with van der Waals surface area (Å²) in [4.78, 5) is 10.7. The Morgan fingerprint density at radius 2 is 2.00 bits per heavy atom. The molecule has 0 aromatic heterocycles. The zero-order valence-corrected chi connectivity index (χ0v) is 8.93. The van der Waals surface area contributed by atoms with Crippen molar-refractivity contribution in [3.63, 3.8) is 0 Å². The molecule has 0 unspecified atom stereocenters. The Morgan fingerprint density at radius 1 is 1.36 bits per heavy atom. The van der Waals surface area contributed by atoms with E-state index in [-0.39, 0.29) is 19.4 Å². The molecule has 0 heterocycles. The summed E-state index contributed by atoms with van der Waals surface area (Å²) in [7, 11) is -5.40. The standard InChI is InChI=1S/C8H13F3O2Si/c1-2-5-8(12)13-6-3-4-7-14(9,10)11/h2,5H,3-4,6-7H2,1H3. The van der Waals surface area contributed by atoms with Crippen LogP contribution in [0.1, 0.15) is 19.8 Å². The average Bonchev–Trinajstić information content (AvgIpc) is 2.02. The van der Waals surface area contributed by atoms with Crippen LogP contribution in [0.2, 0.25) is 6.04 Å². The second-order valence-electron chi connectivity index (χ2n) is 2.74. The third-order valence-corrected chi connectivity index (χ3v) is 2.32. The van der Waals surface area contributed by atoms with E-state index in [9.17, 15) is 17.1 Å². The summed E-state index contributed by atoms with van der Waals surface area (Å²) >= 11 is 0. The van der Waals surface area contributed by atoms with Crippen molar-refractivity contribution in [2.45, 2.75) is 25.8 Å². The van der Waals surface area contributed by atoms with E-state index < -0.39 is 21.1 Å². The topological polar surface area (TPSA) is 26.3 Å². The van der Waals surface area contributed by atoms with Gasteiger partial charge in [-0.25, -0.2) is 17.1 Å². The molecule has 0 radical (unpaired) electrons. The molecule has 0 fully saturated rings. The first kappa shape index (κ1) is 13.2. The Bertz CT molecular complexity index is 201. The number of carbonyl (C=O) groups excluding carboxylic acids is 1. The van der Waals surface area contributed by atoms with E-state index in [1.54, 1.807) is 6.92 Å². The van der Waals surface area contributed by atoms with Crippen molar-refractivity contribution < 1.29 is 21.9 Å². The zero-order chi connectivity index (χ0) is 11.0. The van der Waals surface area contributed by atoms with Gasteiger partial charge in [0.2, 0.25) is 0 Å². The van der Waals surface area contributed by atoms with Gasteiger partial charge in [0, 0.05) is 12.1 Å². The van der Waals surface area contributed by atoms with Crippen LogP contribution in [0.4, 0.5) is 12.3 Å². The highest BCUT2D eigenvalue weighted by Crippen LogP contribution is 2.17. The molecule has 0 rings (SSSR count). The van der Waals surface area contributed by atoms with Crippen molar-refractivity contribution in [3.8, 4) is 0 Å². The Kier molecular flexibility index (Phi) is 6.27. The summed E-state index contributed by atoms with van der Waals surface area (Å²) in [5, 5.41) is 0. The van der Waals surface area contributed by atoms with Gasteiger partial charge in [0.25, 0.3) is 0 Å². The number of halogens is 3. The fourth-order valence-electron chi connectivity index (χ4n) is 0.784. The van der Waals surface area contributed by atoms with Crippen LogP contribution in [0.25, 0.3) is 0 Å². The number of hydrogen-bond donors (Lipinski definition) is 0. The molecule has 0 spiro atoms. The predicted molar refractivity (Wildman–Crippen MR) is 48.9 cm³/mol. The number of unbranched alkanes of at least 4 members (excludes halogenated alkanes) is 1. The van der Waals surface area contributed by atoms with Gasteiger partial charge in [-0.1, -0.05) is 6.08 Å². The molecule has 0 aliphatic heterocycles. The number of allylic oxidation sites excluding steroid dienone is 1. The van der Waals surface area contributed by atoms with Crippen LogP contribution in [0.3, 0.4) is 0 Å². The van der Waals surface area contributed by atoms with E-state index in [0.29, 0.717) is 0 Å². The summed E-state index contributed by atoms with van der Waals surface area (Å²) in [5.41, 5.74) is 0. The molecule has 14 heavy (non-hydrogen) atoms. The summed E-state index contributed by atoms with van der Waals surface area (Å²) in [6.45, 7) is 1.73. The van der Waals surface area contributed by atoms with Crippen LogP contribution < -0.4 is 0 Å². The van der Waals surface area contributed by atoms with E-state index in [0.717, 1.165) is 0 Å². The second kappa shape index (κ2) is 6.64. The van der Waals surface area contributed by atoms with Gasteiger partial charge in [-0.05, 0) is 19.8 Å². The van der Waals surface area contributed by atoms with Gasteiger partial charge in [-0.3, -0.25) is 0 Å². The monoisotopic (exact) mass is 226 g/mol. The fraction of sp³-hybridized carbons (Fsp3) is 0.625. The summed E-state index contributed by atoms with van der Waals surface area (Å²) in [6.07, 6.45) is 3.08. The molecule has 0 aliphatic rings. The second-order valence-corrected chi connectivity index (χ2v) is 4.47. The minimum Gasteiger partial charge on any atom is -0.463 e. The fourth-order valence-corrected chi connectivity index (χ4v) is 1.44. The van der Waals surface area contributed by atoms with Crippen LogP contribution in [-0.2, 0) is 9.53 Å². The molecule has 6 heteroatoms.